The van der Waals surface area contributed by atoms with Crippen LogP contribution in [0, 0.1) is 6.92 Å². The molecule has 94 valence electrons. The second-order valence-electron chi connectivity index (χ2n) is 4.82. The first-order chi connectivity index (χ1) is 8.83. The maximum Gasteiger partial charge on any atom is 0.148 e. The molecule has 1 saturated heterocycles. The molecule has 4 heteroatoms. The van der Waals surface area contributed by atoms with Gasteiger partial charge in [0.25, 0.3) is 0 Å². The third-order valence-electron chi connectivity index (χ3n) is 3.43. The molecule has 1 aromatic heterocycles. The second kappa shape index (κ2) is 4.82. The number of aromatic nitrogens is 2. The third-order valence-corrected chi connectivity index (χ3v) is 3.43. The minimum absolute atomic E-state index is 0.498. The maximum atomic E-state index is 4.33. The molecule has 1 aliphatic rings. The Hall–Kier alpha value is -1.81. The molecule has 0 spiro atoms. The fraction of sp³-hybridized carbons (Fsp3) is 0.357. The van der Waals surface area contributed by atoms with Gasteiger partial charge in [-0.15, -0.1) is 0 Å². The number of H-pyrrole nitrogens is 1. The summed E-state index contributed by atoms with van der Waals surface area (Å²) in [5.41, 5.74) is 3.54. The van der Waals surface area contributed by atoms with Crippen molar-refractivity contribution in [2.24, 2.45) is 0 Å². The van der Waals surface area contributed by atoms with Crippen molar-refractivity contribution in [1.82, 2.24) is 15.5 Å². The molecule has 0 saturated carbocycles. The highest BCUT2D eigenvalue weighted by atomic mass is 15.2. The van der Waals surface area contributed by atoms with Gasteiger partial charge < -0.3 is 10.6 Å². The minimum atomic E-state index is 0.498. The van der Waals surface area contributed by atoms with Crippen molar-refractivity contribution >= 4 is 5.82 Å². The fourth-order valence-electron chi connectivity index (χ4n) is 2.40. The molecule has 1 aromatic carbocycles. The summed E-state index contributed by atoms with van der Waals surface area (Å²) in [4.78, 5) is 0. The fourth-order valence-corrected chi connectivity index (χ4v) is 2.40. The van der Waals surface area contributed by atoms with Gasteiger partial charge in [0.2, 0.25) is 0 Å². The SMILES string of the molecule is Cc1ccccc1-c1cc(NC2CCNC2)n[nH]1. The van der Waals surface area contributed by atoms with E-state index in [1.54, 1.807) is 0 Å². The molecule has 4 nitrogen and oxygen atoms in total. The molecule has 3 rings (SSSR count). The number of benzene rings is 1. The molecular formula is C14H18N4. The van der Waals surface area contributed by atoms with Crippen LogP contribution in [0.3, 0.4) is 0 Å². The first-order valence-corrected chi connectivity index (χ1v) is 6.41. The number of nitrogens with one attached hydrogen (secondary N) is 3. The van der Waals surface area contributed by atoms with E-state index in [-0.39, 0.29) is 0 Å². The zero-order chi connectivity index (χ0) is 12.4. The monoisotopic (exact) mass is 242 g/mol. The standard InChI is InChI=1S/C14H18N4/c1-10-4-2-3-5-12(10)13-8-14(18-17-13)16-11-6-7-15-9-11/h2-5,8,11,15H,6-7,9H2,1H3,(H2,16,17,18). The molecule has 1 aliphatic heterocycles. The highest BCUT2D eigenvalue weighted by Gasteiger charge is 2.15. The van der Waals surface area contributed by atoms with E-state index in [1.165, 1.54) is 11.1 Å². The van der Waals surface area contributed by atoms with Crippen LogP contribution in [0.15, 0.2) is 30.3 Å². The number of hydrogen-bond donors (Lipinski definition) is 3. The smallest absolute Gasteiger partial charge is 0.148 e. The van der Waals surface area contributed by atoms with Gasteiger partial charge in [-0.05, 0) is 25.5 Å². The Kier molecular flexibility index (Phi) is 3.02. The molecule has 0 radical (unpaired) electrons. The average Bonchev–Trinajstić information content (AvgIpc) is 3.02. The molecule has 1 unspecified atom stereocenters. The predicted molar refractivity (Wildman–Crippen MR) is 73.7 cm³/mol. The lowest BCUT2D eigenvalue weighted by atomic mass is 10.1. The summed E-state index contributed by atoms with van der Waals surface area (Å²) in [6.45, 7) is 4.23. The van der Waals surface area contributed by atoms with Gasteiger partial charge in [-0.1, -0.05) is 24.3 Å². The van der Waals surface area contributed by atoms with Gasteiger partial charge in [0.05, 0.1) is 5.69 Å². The van der Waals surface area contributed by atoms with E-state index in [2.05, 4.69) is 58.1 Å². The topological polar surface area (TPSA) is 52.7 Å². The van der Waals surface area contributed by atoms with Gasteiger partial charge in [-0.2, -0.15) is 5.10 Å². The van der Waals surface area contributed by atoms with Crippen LogP contribution in [0.1, 0.15) is 12.0 Å². The molecule has 0 bridgehead atoms. The first-order valence-electron chi connectivity index (χ1n) is 6.41. The Labute approximate surface area is 107 Å². The predicted octanol–water partition coefficient (Wildman–Crippen LogP) is 2.16. The normalized spacial score (nSPS) is 19.1. The lowest BCUT2D eigenvalue weighted by Crippen LogP contribution is -2.22. The number of nitrogens with zero attached hydrogens (tertiary/aromatic N) is 1. The van der Waals surface area contributed by atoms with Gasteiger partial charge in [-0.3, -0.25) is 5.10 Å². The van der Waals surface area contributed by atoms with Gasteiger partial charge in [0, 0.05) is 24.2 Å². The van der Waals surface area contributed by atoms with E-state index < -0.39 is 0 Å². The number of aryl methyl sites for hydroxylation is 1. The molecule has 0 amide bonds. The average molecular weight is 242 g/mol. The Morgan fingerprint density at radius 3 is 3.00 bits per heavy atom. The summed E-state index contributed by atoms with van der Waals surface area (Å²) in [5.74, 6) is 0.932. The van der Waals surface area contributed by atoms with E-state index in [9.17, 15) is 0 Å². The van der Waals surface area contributed by atoms with Crippen molar-refractivity contribution in [2.45, 2.75) is 19.4 Å². The Morgan fingerprint density at radius 1 is 1.33 bits per heavy atom. The summed E-state index contributed by atoms with van der Waals surface area (Å²) >= 11 is 0. The molecule has 2 aromatic rings. The van der Waals surface area contributed by atoms with Gasteiger partial charge in [0.1, 0.15) is 5.82 Å². The van der Waals surface area contributed by atoms with Crippen LogP contribution >= 0.6 is 0 Å². The van der Waals surface area contributed by atoms with Crippen molar-refractivity contribution in [3.8, 4) is 11.3 Å². The van der Waals surface area contributed by atoms with Crippen LogP contribution in [0.4, 0.5) is 5.82 Å². The molecule has 18 heavy (non-hydrogen) atoms. The molecular weight excluding hydrogens is 224 g/mol. The largest absolute Gasteiger partial charge is 0.365 e. The van der Waals surface area contributed by atoms with Crippen molar-refractivity contribution in [3.63, 3.8) is 0 Å². The summed E-state index contributed by atoms with van der Waals surface area (Å²) in [6, 6.07) is 10.9. The van der Waals surface area contributed by atoms with Crippen LogP contribution < -0.4 is 10.6 Å². The van der Waals surface area contributed by atoms with E-state index in [0.29, 0.717) is 6.04 Å². The Balaban J connectivity index is 1.79. The highest BCUT2D eigenvalue weighted by molar-refractivity contribution is 5.66. The quantitative estimate of drug-likeness (QED) is 0.773. The lowest BCUT2D eigenvalue weighted by molar-refractivity contribution is 0.786. The van der Waals surface area contributed by atoms with Crippen LogP contribution in [0.5, 0.6) is 0 Å². The third kappa shape index (κ3) is 2.24. The van der Waals surface area contributed by atoms with Gasteiger partial charge in [-0.25, -0.2) is 0 Å². The number of anilines is 1. The van der Waals surface area contributed by atoms with E-state index >= 15 is 0 Å². The number of hydrogen-bond acceptors (Lipinski definition) is 3. The lowest BCUT2D eigenvalue weighted by Gasteiger charge is -2.08. The molecule has 0 aliphatic carbocycles. The van der Waals surface area contributed by atoms with Crippen molar-refractivity contribution in [1.29, 1.82) is 0 Å². The Bertz CT molecular complexity index is 526. The summed E-state index contributed by atoms with van der Waals surface area (Å²) in [6.07, 6.45) is 1.16. The maximum absolute atomic E-state index is 4.33. The molecule has 3 N–H and O–H groups in total. The van der Waals surface area contributed by atoms with E-state index in [4.69, 9.17) is 0 Å². The van der Waals surface area contributed by atoms with Crippen molar-refractivity contribution in [2.75, 3.05) is 18.4 Å². The van der Waals surface area contributed by atoms with Crippen molar-refractivity contribution in [3.05, 3.63) is 35.9 Å². The zero-order valence-electron chi connectivity index (χ0n) is 10.5. The number of rotatable bonds is 3. The zero-order valence-corrected chi connectivity index (χ0v) is 10.5. The van der Waals surface area contributed by atoms with Crippen LogP contribution in [-0.4, -0.2) is 29.3 Å². The molecule has 2 heterocycles. The van der Waals surface area contributed by atoms with Gasteiger partial charge in [0.15, 0.2) is 0 Å². The second-order valence-corrected chi connectivity index (χ2v) is 4.82. The van der Waals surface area contributed by atoms with Crippen LogP contribution in [0.2, 0.25) is 0 Å². The Morgan fingerprint density at radius 2 is 2.22 bits per heavy atom. The van der Waals surface area contributed by atoms with Crippen molar-refractivity contribution < 1.29 is 0 Å². The van der Waals surface area contributed by atoms with E-state index in [1.807, 2.05) is 0 Å². The summed E-state index contributed by atoms with van der Waals surface area (Å²) < 4.78 is 0. The van der Waals surface area contributed by atoms with E-state index in [0.717, 1.165) is 31.0 Å². The first kappa shape index (κ1) is 11.3. The molecule has 1 fully saturated rings. The van der Waals surface area contributed by atoms with Crippen LogP contribution in [0.25, 0.3) is 11.3 Å². The summed E-state index contributed by atoms with van der Waals surface area (Å²) in [5, 5.41) is 14.2. The highest BCUT2D eigenvalue weighted by Crippen LogP contribution is 2.23. The summed E-state index contributed by atoms with van der Waals surface area (Å²) in [7, 11) is 0. The number of aromatic amines is 1. The van der Waals surface area contributed by atoms with Crippen LogP contribution in [-0.2, 0) is 0 Å². The molecule has 1 atom stereocenters. The van der Waals surface area contributed by atoms with Gasteiger partial charge >= 0.3 is 0 Å². The minimum Gasteiger partial charge on any atom is -0.365 e.